The van der Waals surface area contributed by atoms with Crippen LogP contribution >= 0.6 is 11.6 Å². The van der Waals surface area contributed by atoms with Crippen LogP contribution in [0.1, 0.15) is 17.2 Å². The lowest BCUT2D eigenvalue weighted by Gasteiger charge is -2.36. The highest BCUT2D eigenvalue weighted by molar-refractivity contribution is 6.32. The van der Waals surface area contributed by atoms with Gasteiger partial charge in [-0.25, -0.2) is 0 Å². The number of ether oxygens (including phenoxy) is 1. The first-order chi connectivity index (χ1) is 10.3. The molecule has 1 heterocycles. The fourth-order valence-electron chi connectivity index (χ4n) is 2.72. The number of rotatable bonds is 3. The Morgan fingerprint density at radius 2 is 1.95 bits per heavy atom. The topological polar surface area (TPSA) is 32.7 Å². The molecule has 4 heteroatoms. The van der Waals surface area contributed by atoms with Crippen LogP contribution in [0.5, 0.6) is 5.75 Å². The van der Waals surface area contributed by atoms with Crippen molar-refractivity contribution in [2.45, 2.75) is 12.6 Å². The average Bonchev–Trinajstić information content (AvgIpc) is 2.53. The van der Waals surface area contributed by atoms with Gasteiger partial charge in [-0.15, -0.1) is 0 Å². The van der Waals surface area contributed by atoms with Gasteiger partial charge in [0.15, 0.2) is 0 Å². The van der Waals surface area contributed by atoms with Crippen LogP contribution in [0.3, 0.4) is 0 Å². The van der Waals surface area contributed by atoms with E-state index in [1.807, 2.05) is 30.3 Å². The van der Waals surface area contributed by atoms with E-state index in [1.165, 1.54) is 5.56 Å². The summed E-state index contributed by atoms with van der Waals surface area (Å²) in [5, 5.41) is 10.2. The minimum Gasteiger partial charge on any atom is -0.506 e. The molecule has 1 aliphatic heterocycles. The average molecular weight is 304 g/mol. The van der Waals surface area contributed by atoms with Crippen molar-refractivity contribution in [2.24, 2.45) is 0 Å². The Kier molecular flexibility index (Phi) is 4.44. The highest BCUT2D eigenvalue weighted by atomic mass is 35.5. The van der Waals surface area contributed by atoms with Gasteiger partial charge in [0.25, 0.3) is 0 Å². The first-order valence-corrected chi connectivity index (χ1v) is 7.46. The zero-order valence-corrected chi connectivity index (χ0v) is 12.5. The molecule has 0 saturated carbocycles. The normalized spacial score (nSPS) is 19.6. The van der Waals surface area contributed by atoms with E-state index in [9.17, 15) is 5.11 Å². The monoisotopic (exact) mass is 303 g/mol. The molecule has 2 aromatic carbocycles. The van der Waals surface area contributed by atoms with Crippen LogP contribution in [0.15, 0.2) is 48.5 Å². The molecule has 0 amide bonds. The fraction of sp³-hybridized carbons (Fsp3) is 0.294. The number of benzene rings is 2. The Hall–Kier alpha value is -1.55. The molecule has 1 saturated heterocycles. The largest absolute Gasteiger partial charge is 0.506 e. The van der Waals surface area contributed by atoms with Crippen molar-refractivity contribution in [3.05, 3.63) is 64.7 Å². The van der Waals surface area contributed by atoms with Crippen molar-refractivity contribution < 1.29 is 9.84 Å². The number of hydrogen-bond donors (Lipinski definition) is 1. The molecule has 2 aromatic rings. The van der Waals surface area contributed by atoms with Crippen molar-refractivity contribution in [1.29, 1.82) is 0 Å². The molecule has 0 bridgehead atoms. The van der Waals surface area contributed by atoms with E-state index < -0.39 is 0 Å². The summed E-state index contributed by atoms with van der Waals surface area (Å²) in [6.45, 7) is 2.96. The summed E-state index contributed by atoms with van der Waals surface area (Å²) in [5.41, 5.74) is 2.19. The maximum atomic E-state index is 9.74. The number of hydrogen-bond acceptors (Lipinski definition) is 3. The SMILES string of the molecule is Oc1cccc(CN2CCOCC2c2ccccc2)c1Cl. The molecule has 3 rings (SSSR count). The van der Waals surface area contributed by atoms with Crippen LogP contribution in [0.25, 0.3) is 0 Å². The van der Waals surface area contributed by atoms with E-state index in [0.29, 0.717) is 18.2 Å². The number of phenols is 1. The number of nitrogens with zero attached hydrogens (tertiary/aromatic N) is 1. The lowest BCUT2D eigenvalue weighted by Crippen LogP contribution is -2.39. The smallest absolute Gasteiger partial charge is 0.134 e. The second-order valence-electron chi connectivity index (χ2n) is 5.22. The van der Waals surface area contributed by atoms with Crippen LogP contribution in [0.4, 0.5) is 0 Å². The predicted octanol–water partition coefficient (Wildman–Crippen LogP) is 3.62. The van der Waals surface area contributed by atoms with Gasteiger partial charge in [0, 0.05) is 13.1 Å². The second-order valence-corrected chi connectivity index (χ2v) is 5.60. The van der Waals surface area contributed by atoms with Crippen molar-refractivity contribution in [2.75, 3.05) is 19.8 Å². The summed E-state index contributed by atoms with van der Waals surface area (Å²) in [5.74, 6) is 0.138. The molecule has 1 fully saturated rings. The molecule has 1 atom stereocenters. The first kappa shape index (κ1) is 14.4. The quantitative estimate of drug-likeness (QED) is 0.940. The van der Waals surface area contributed by atoms with Crippen molar-refractivity contribution in [1.82, 2.24) is 4.90 Å². The third-order valence-electron chi connectivity index (χ3n) is 3.86. The summed E-state index contributed by atoms with van der Waals surface area (Å²) >= 11 is 6.20. The molecule has 1 N–H and O–H groups in total. The van der Waals surface area contributed by atoms with Gasteiger partial charge in [0.05, 0.1) is 24.3 Å². The minimum absolute atomic E-state index is 0.138. The molecule has 0 aliphatic carbocycles. The van der Waals surface area contributed by atoms with E-state index in [-0.39, 0.29) is 11.8 Å². The Balaban J connectivity index is 1.83. The third-order valence-corrected chi connectivity index (χ3v) is 4.29. The van der Waals surface area contributed by atoms with Gasteiger partial charge in [-0.1, -0.05) is 54.1 Å². The summed E-state index contributed by atoms with van der Waals surface area (Å²) in [6, 6.07) is 16.0. The van der Waals surface area contributed by atoms with Crippen molar-refractivity contribution >= 4 is 11.6 Å². The zero-order chi connectivity index (χ0) is 14.7. The van der Waals surface area contributed by atoms with E-state index in [2.05, 4.69) is 17.0 Å². The molecular weight excluding hydrogens is 286 g/mol. The first-order valence-electron chi connectivity index (χ1n) is 7.09. The van der Waals surface area contributed by atoms with Crippen LogP contribution < -0.4 is 0 Å². The summed E-state index contributed by atoms with van der Waals surface area (Å²) in [7, 11) is 0. The van der Waals surface area contributed by atoms with E-state index in [0.717, 1.165) is 18.7 Å². The van der Waals surface area contributed by atoms with Gasteiger partial charge in [-0.2, -0.15) is 0 Å². The predicted molar refractivity (Wildman–Crippen MR) is 83.5 cm³/mol. The van der Waals surface area contributed by atoms with Crippen LogP contribution in [-0.2, 0) is 11.3 Å². The number of aromatic hydroxyl groups is 1. The maximum Gasteiger partial charge on any atom is 0.134 e. The summed E-state index contributed by atoms with van der Waals surface area (Å²) in [6.07, 6.45) is 0. The molecule has 21 heavy (non-hydrogen) atoms. The fourth-order valence-corrected chi connectivity index (χ4v) is 2.90. The standard InChI is InChI=1S/C17H18ClNO2/c18-17-14(7-4-8-16(17)20)11-19-9-10-21-12-15(19)13-5-2-1-3-6-13/h1-8,15,20H,9-12H2. The number of phenolic OH excluding ortho intramolecular Hbond substituents is 1. The molecular formula is C17H18ClNO2. The highest BCUT2D eigenvalue weighted by Crippen LogP contribution is 2.31. The van der Waals surface area contributed by atoms with Crippen LogP contribution in [0, 0.1) is 0 Å². The second kappa shape index (κ2) is 6.48. The van der Waals surface area contributed by atoms with Gasteiger partial charge in [-0.05, 0) is 17.2 Å². The van der Waals surface area contributed by atoms with Crippen molar-refractivity contribution in [3.8, 4) is 5.75 Å². The molecule has 1 aliphatic rings. The summed E-state index contributed by atoms with van der Waals surface area (Å²) in [4.78, 5) is 2.35. The number of halogens is 1. The third kappa shape index (κ3) is 3.21. The molecule has 0 radical (unpaired) electrons. The maximum absolute atomic E-state index is 9.74. The van der Waals surface area contributed by atoms with E-state index in [1.54, 1.807) is 6.07 Å². The number of morpholine rings is 1. The Labute approximate surface area is 129 Å². The lowest BCUT2D eigenvalue weighted by molar-refractivity contribution is -0.0127. The van der Waals surface area contributed by atoms with Gasteiger partial charge in [-0.3, -0.25) is 4.90 Å². The Morgan fingerprint density at radius 3 is 2.76 bits per heavy atom. The molecule has 0 spiro atoms. The Bertz CT molecular complexity index is 603. The van der Waals surface area contributed by atoms with E-state index in [4.69, 9.17) is 16.3 Å². The van der Waals surface area contributed by atoms with E-state index >= 15 is 0 Å². The van der Waals surface area contributed by atoms with Crippen LogP contribution in [0.2, 0.25) is 5.02 Å². The zero-order valence-electron chi connectivity index (χ0n) is 11.7. The molecule has 0 aromatic heterocycles. The van der Waals surface area contributed by atoms with Gasteiger partial charge >= 0.3 is 0 Å². The van der Waals surface area contributed by atoms with Gasteiger partial charge < -0.3 is 9.84 Å². The van der Waals surface area contributed by atoms with Gasteiger partial charge in [0.1, 0.15) is 5.75 Å². The Morgan fingerprint density at radius 1 is 1.14 bits per heavy atom. The highest BCUT2D eigenvalue weighted by Gasteiger charge is 2.25. The van der Waals surface area contributed by atoms with Gasteiger partial charge in [0.2, 0.25) is 0 Å². The lowest BCUT2D eigenvalue weighted by atomic mass is 10.0. The molecule has 3 nitrogen and oxygen atoms in total. The molecule has 110 valence electrons. The minimum atomic E-state index is 0.138. The molecule has 1 unspecified atom stereocenters. The summed E-state index contributed by atoms with van der Waals surface area (Å²) < 4.78 is 5.63. The van der Waals surface area contributed by atoms with Crippen LogP contribution in [-0.4, -0.2) is 29.8 Å². The van der Waals surface area contributed by atoms with Crippen molar-refractivity contribution in [3.63, 3.8) is 0 Å².